The Balaban J connectivity index is 2.45. The van der Waals surface area contributed by atoms with Crippen molar-refractivity contribution in [2.45, 2.75) is 6.92 Å². The zero-order chi connectivity index (χ0) is 11.7. The van der Waals surface area contributed by atoms with Crippen LogP contribution in [0.25, 0.3) is 5.82 Å². The minimum Gasteiger partial charge on any atom is -0.478 e. The maximum Gasteiger partial charge on any atom is 0.337 e. The highest BCUT2D eigenvalue weighted by Gasteiger charge is 2.09. The van der Waals surface area contributed by atoms with Crippen molar-refractivity contribution in [3.63, 3.8) is 0 Å². The zero-order valence-electron chi connectivity index (χ0n) is 8.38. The molecule has 0 saturated heterocycles. The van der Waals surface area contributed by atoms with E-state index in [0.29, 0.717) is 11.5 Å². The number of halogens is 1. The summed E-state index contributed by atoms with van der Waals surface area (Å²) in [5.41, 5.74) is 0.484. The molecule has 0 fully saturated rings. The van der Waals surface area contributed by atoms with Crippen LogP contribution in [0.5, 0.6) is 0 Å². The SMILES string of the molecule is Cc1nc(-n2cc(F)cn2)ccc1C(=O)O. The standard InChI is InChI=1S/C10H8FN3O2/c1-6-8(10(15)16)2-3-9(13-6)14-5-7(11)4-12-14/h2-5H,1H3,(H,15,16). The summed E-state index contributed by atoms with van der Waals surface area (Å²) in [4.78, 5) is 14.8. The zero-order valence-corrected chi connectivity index (χ0v) is 8.38. The van der Waals surface area contributed by atoms with Gasteiger partial charge in [-0.2, -0.15) is 5.10 Å². The molecular formula is C10H8FN3O2. The molecule has 2 aromatic heterocycles. The Morgan fingerprint density at radius 3 is 2.75 bits per heavy atom. The molecule has 2 heterocycles. The molecule has 0 unspecified atom stereocenters. The lowest BCUT2D eigenvalue weighted by atomic mass is 10.2. The summed E-state index contributed by atoms with van der Waals surface area (Å²) in [6.07, 6.45) is 2.23. The number of rotatable bonds is 2. The first kappa shape index (κ1) is 10.3. The van der Waals surface area contributed by atoms with E-state index >= 15 is 0 Å². The molecule has 0 saturated carbocycles. The molecule has 0 aliphatic heterocycles. The van der Waals surface area contributed by atoms with Crippen LogP contribution in [0.4, 0.5) is 4.39 Å². The van der Waals surface area contributed by atoms with Crippen molar-refractivity contribution >= 4 is 5.97 Å². The summed E-state index contributed by atoms with van der Waals surface area (Å²) in [5.74, 6) is -1.13. The topological polar surface area (TPSA) is 68.0 Å². The first-order valence-electron chi connectivity index (χ1n) is 4.49. The molecule has 0 aliphatic carbocycles. The van der Waals surface area contributed by atoms with Crippen LogP contribution in [-0.4, -0.2) is 25.8 Å². The second kappa shape index (κ2) is 3.73. The van der Waals surface area contributed by atoms with E-state index in [-0.39, 0.29) is 5.56 Å². The monoisotopic (exact) mass is 221 g/mol. The second-order valence-electron chi connectivity index (χ2n) is 3.21. The molecule has 16 heavy (non-hydrogen) atoms. The number of aromatic carboxylic acids is 1. The van der Waals surface area contributed by atoms with Crippen LogP contribution in [0.2, 0.25) is 0 Å². The number of carboxylic acids is 1. The minimum atomic E-state index is -1.04. The van der Waals surface area contributed by atoms with Gasteiger partial charge < -0.3 is 5.11 Å². The van der Waals surface area contributed by atoms with Gasteiger partial charge in [0.25, 0.3) is 0 Å². The van der Waals surface area contributed by atoms with Crippen molar-refractivity contribution in [3.8, 4) is 5.82 Å². The van der Waals surface area contributed by atoms with Gasteiger partial charge in [0.05, 0.1) is 23.7 Å². The third kappa shape index (κ3) is 1.77. The molecule has 0 bridgehead atoms. The molecule has 1 N–H and O–H groups in total. The Hall–Kier alpha value is -2.24. The average molecular weight is 221 g/mol. The van der Waals surface area contributed by atoms with Gasteiger partial charge in [-0.15, -0.1) is 0 Å². The maximum absolute atomic E-state index is 12.7. The molecule has 82 valence electrons. The van der Waals surface area contributed by atoms with E-state index in [1.54, 1.807) is 6.92 Å². The van der Waals surface area contributed by atoms with Gasteiger partial charge in [-0.1, -0.05) is 0 Å². The fourth-order valence-corrected chi connectivity index (χ4v) is 1.33. The highest BCUT2D eigenvalue weighted by molar-refractivity contribution is 5.88. The van der Waals surface area contributed by atoms with Gasteiger partial charge in [-0.25, -0.2) is 18.9 Å². The van der Waals surface area contributed by atoms with Crippen LogP contribution < -0.4 is 0 Å². The normalized spacial score (nSPS) is 10.4. The van der Waals surface area contributed by atoms with Crippen molar-refractivity contribution < 1.29 is 14.3 Å². The van der Waals surface area contributed by atoms with E-state index in [1.807, 2.05) is 0 Å². The Morgan fingerprint density at radius 1 is 1.50 bits per heavy atom. The Bertz CT molecular complexity index is 551. The summed E-state index contributed by atoms with van der Waals surface area (Å²) in [7, 11) is 0. The van der Waals surface area contributed by atoms with E-state index in [4.69, 9.17) is 5.11 Å². The molecule has 0 radical (unpaired) electrons. The number of carbonyl (C=O) groups is 1. The first-order valence-corrected chi connectivity index (χ1v) is 4.49. The smallest absolute Gasteiger partial charge is 0.337 e. The van der Waals surface area contributed by atoms with Crippen molar-refractivity contribution in [3.05, 3.63) is 41.6 Å². The molecule has 0 aromatic carbocycles. The van der Waals surface area contributed by atoms with Crippen molar-refractivity contribution in [2.75, 3.05) is 0 Å². The number of nitrogens with zero attached hydrogens (tertiary/aromatic N) is 3. The van der Waals surface area contributed by atoms with Gasteiger partial charge in [-0.3, -0.25) is 0 Å². The van der Waals surface area contributed by atoms with Gasteiger partial charge in [0.2, 0.25) is 0 Å². The molecule has 6 heteroatoms. The van der Waals surface area contributed by atoms with E-state index < -0.39 is 11.8 Å². The molecule has 5 nitrogen and oxygen atoms in total. The molecule has 0 atom stereocenters. The van der Waals surface area contributed by atoms with Gasteiger partial charge in [0, 0.05) is 0 Å². The summed E-state index contributed by atoms with van der Waals surface area (Å²) in [6, 6.07) is 2.89. The largest absolute Gasteiger partial charge is 0.478 e. The van der Waals surface area contributed by atoms with Crippen LogP contribution in [0.15, 0.2) is 24.5 Å². The molecule has 0 spiro atoms. The van der Waals surface area contributed by atoms with Gasteiger partial charge in [0.15, 0.2) is 11.6 Å². The van der Waals surface area contributed by atoms with E-state index in [2.05, 4.69) is 10.1 Å². The highest BCUT2D eigenvalue weighted by Crippen LogP contribution is 2.10. The third-order valence-electron chi connectivity index (χ3n) is 2.09. The summed E-state index contributed by atoms with van der Waals surface area (Å²) >= 11 is 0. The number of carboxylic acid groups (broad SMARTS) is 1. The number of aromatic nitrogens is 3. The average Bonchev–Trinajstić information content (AvgIpc) is 2.64. The third-order valence-corrected chi connectivity index (χ3v) is 2.09. The van der Waals surface area contributed by atoms with Crippen LogP contribution in [-0.2, 0) is 0 Å². The Labute approximate surface area is 90.2 Å². The van der Waals surface area contributed by atoms with Crippen LogP contribution in [0, 0.1) is 12.7 Å². The van der Waals surface area contributed by atoms with Crippen LogP contribution >= 0.6 is 0 Å². The van der Waals surface area contributed by atoms with Crippen molar-refractivity contribution in [1.82, 2.24) is 14.8 Å². The highest BCUT2D eigenvalue weighted by atomic mass is 19.1. The number of pyridine rings is 1. The van der Waals surface area contributed by atoms with E-state index in [9.17, 15) is 9.18 Å². The first-order chi connectivity index (χ1) is 7.58. The maximum atomic E-state index is 12.7. The quantitative estimate of drug-likeness (QED) is 0.832. The number of hydrogen-bond donors (Lipinski definition) is 1. The lowest BCUT2D eigenvalue weighted by molar-refractivity contribution is 0.0695. The second-order valence-corrected chi connectivity index (χ2v) is 3.21. The van der Waals surface area contributed by atoms with Crippen molar-refractivity contribution in [1.29, 1.82) is 0 Å². The lowest BCUT2D eigenvalue weighted by Crippen LogP contribution is -2.05. The molecule has 2 aromatic rings. The van der Waals surface area contributed by atoms with Gasteiger partial charge >= 0.3 is 5.97 Å². The van der Waals surface area contributed by atoms with Crippen LogP contribution in [0.1, 0.15) is 16.1 Å². The summed E-state index contributed by atoms with van der Waals surface area (Å²) < 4.78 is 14.0. The van der Waals surface area contributed by atoms with Gasteiger partial charge in [-0.05, 0) is 19.1 Å². The fraction of sp³-hybridized carbons (Fsp3) is 0.100. The predicted octanol–water partition coefficient (Wildman–Crippen LogP) is 1.41. The van der Waals surface area contributed by atoms with Crippen LogP contribution in [0.3, 0.4) is 0 Å². The lowest BCUT2D eigenvalue weighted by Gasteiger charge is -2.03. The fourth-order valence-electron chi connectivity index (χ4n) is 1.33. The van der Waals surface area contributed by atoms with Crippen molar-refractivity contribution in [2.24, 2.45) is 0 Å². The molecular weight excluding hydrogens is 213 g/mol. The summed E-state index contributed by atoms with van der Waals surface area (Å²) in [6.45, 7) is 1.58. The number of hydrogen-bond acceptors (Lipinski definition) is 3. The molecule has 0 amide bonds. The predicted molar refractivity (Wildman–Crippen MR) is 53.0 cm³/mol. The molecule has 0 aliphatic rings. The summed E-state index contributed by atoms with van der Waals surface area (Å²) in [5, 5.41) is 12.5. The van der Waals surface area contributed by atoms with E-state index in [0.717, 1.165) is 6.20 Å². The molecule has 2 rings (SSSR count). The van der Waals surface area contributed by atoms with E-state index in [1.165, 1.54) is 23.0 Å². The van der Waals surface area contributed by atoms with Gasteiger partial charge in [0.1, 0.15) is 0 Å². The Morgan fingerprint density at radius 2 is 2.25 bits per heavy atom. The Kier molecular flexibility index (Phi) is 2.40. The minimum absolute atomic E-state index is 0.122. The number of aryl methyl sites for hydroxylation is 1.